The van der Waals surface area contributed by atoms with Gasteiger partial charge in [-0.1, -0.05) is 0 Å². The van der Waals surface area contributed by atoms with E-state index < -0.39 is 40.7 Å². The highest BCUT2D eigenvalue weighted by Crippen LogP contribution is 2.23. The molecule has 0 aliphatic rings. The maximum Gasteiger partial charge on any atom is 0.234 e. The second kappa shape index (κ2) is 4.21. The molecule has 1 rings (SSSR count). The molecule has 0 radical (unpaired) electrons. The second-order valence-corrected chi connectivity index (χ2v) is 3.02. The standard InChI is InChI=1S/C9H7F3N2O2/c10-3-1-4(11)6(5(12)2-3)7(8(13)15)9(14)16/h1-2,7H,(H2,13,15)(H2,14,16). The van der Waals surface area contributed by atoms with Crippen LogP contribution >= 0.6 is 0 Å². The lowest BCUT2D eigenvalue weighted by Gasteiger charge is -2.11. The first-order chi connectivity index (χ1) is 7.34. The van der Waals surface area contributed by atoms with Crippen LogP contribution in [0.5, 0.6) is 0 Å². The largest absolute Gasteiger partial charge is 0.369 e. The van der Waals surface area contributed by atoms with Gasteiger partial charge in [0.05, 0.1) is 0 Å². The third-order valence-electron chi connectivity index (χ3n) is 1.90. The first-order valence-corrected chi connectivity index (χ1v) is 4.07. The molecule has 1 aromatic carbocycles. The Balaban J connectivity index is 3.41. The third kappa shape index (κ3) is 2.13. The van der Waals surface area contributed by atoms with E-state index in [4.69, 9.17) is 11.5 Å². The summed E-state index contributed by atoms with van der Waals surface area (Å²) in [5, 5.41) is 0. The number of hydrogen-bond acceptors (Lipinski definition) is 2. The Bertz CT molecular complexity index is 425. The van der Waals surface area contributed by atoms with Gasteiger partial charge in [0, 0.05) is 17.7 Å². The van der Waals surface area contributed by atoms with E-state index in [0.29, 0.717) is 12.1 Å². The number of carbonyl (C=O) groups excluding carboxylic acids is 2. The van der Waals surface area contributed by atoms with Gasteiger partial charge in [0.1, 0.15) is 23.4 Å². The van der Waals surface area contributed by atoms with Gasteiger partial charge in [-0.15, -0.1) is 0 Å². The van der Waals surface area contributed by atoms with Crippen LogP contribution in [0.3, 0.4) is 0 Å². The van der Waals surface area contributed by atoms with Crippen LogP contribution in [0.25, 0.3) is 0 Å². The van der Waals surface area contributed by atoms with Crippen molar-refractivity contribution < 1.29 is 22.8 Å². The molecule has 4 N–H and O–H groups in total. The van der Waals surface area contributed by atoms with Gasteiger partial charge in [0.2, 0.25) is 11.8 Å². The molecule has 4 nitrogen and oxygen atoms in total. The van der Waals surface area contributed by atoms with Crippen molar-refractivity contribution in [2.75, 3.05) is 0 Å². The fourth-order valence-electron chi connectivity index (χ4n) is 1.25. The minimum absolute atomic E-state index is 0.331. The zero-order chi connectivity index (χ0) is 12.5. The van der Waals surface area contributed by atoms with Crippen LogP contribution in [-0.2, 0) is 9.59 Å². The molecule has 0 saturated heterocycles. The number of amides is 2. The van der Waals surface area contributed by atoms with Gasteiger partial charge < -0.3 is 11.5 Å². The Morgan fingerprint density at radius 1 is 1.00 bits per heavy atom. The van der Waals surface area contributed by atoms with Gasteiger partial charge in [-0.05, 0) is 0 Å². The van der Waals surface area contributed by atoms with E-state index in [2.05, 4.69) is 0 Å². The molecule has 1 aromatic rings. The molecule has 0 atom stereocenters. The summed E-state index contributed by atoms with van der Waals surface area (Å²) < 4.78 is 38.9. The SMILES string of the molecule is NC(=O)C(C(N)=O)c1c(F)cc(F)cc1F. The molecular weight excluding hydrogens is 225 g/mol. The van der Waals surface area contributed by atoms with E-state index >= 15 is 0 Å². The molecule has 16 heavy (non-hydrogen) atoms. The van der Waals surface area contributed by atoms with Crippen molar-refractivity contribution in [3.63, 3.8) is 0 Å². The van der Waals surface area contributed by atoms with Crippen molar-refractivity contribution in [3.05, 3.63) is 35.1 Å². The molecule has 0 saturated carbocycles. The topological polar surface area (TPSA) is 86.2 Å². The summed E-state index contributed by atoms with van der Waals surface area (Å²) in [5.41, 5.74) is 8.61. The number of nitrogens with two attached hydrogens (primary N) is 2. The summed E-state index contributed by atoms with van der Waals surface area (Å²) >= 11 is 0. The maximum atomic E-state index is 13.2. The number of rotatable bonds is 3. The number of hydrogen-bond donors (Lipinski definition) is 2. The fourth-order valence-corrected chi connectivity index (χ4v) is 1.25. The van der Waals surface area contributed by atoms with Crippen molar-refractivity contribution in [2.24, 2.45) is 11.5 Å². The van der Waals surface area contributed by atoms with E-state index in [9.17, 15) is 22.8 Å². The minimum Gasteiger partial charge on any atom is -0.369 e. The third-order valence-corrected chi connectivity index (χ3v) is 1.90. The van der Waals surface area contributed by atoms with E-state index in [-0.39, 0.29) is 0 Å². The minimum atomic E-state index is -1.96. The lowest BCUT2D eigenvalue weighted by Crippen LogP contribution is -2.34. The molecule has 0 aliphatic heterocycles. The van der Waals surface area contributed by atoms with Crippen LogP contribution < -0.4 is 11.5 Å². The Morgan fingerprint density at radius 3 is 1.69 bits per heavy atom. The Morgan fingerprint density at radius 2 is 1.38 bits per heavy atom. The average molecular weight is 232 g/mol. The molecule has 0 spiro atoms. The predicted octanol–water partition coefficient (Wildman–Crippen LogP) is 0.158. The Kier molecular flexibility index (Phi) is 3.17. The van der Waals surface area contributed by atoms with Gasteiger partial charge in [0.25, 0.3) is 0 Å². The van der Waals surface area contributed by atoms with Crippen molar-refractivity contribution in [1.82, 2.24) is 0 Å². The zero-order valence-corrected chi connectivity index (χ0v) is 7.84. The van der Waals surface area contributed by atoms with E-state index in [1.54, 1.807) is 0 Å². The van der Waals surface area contributed by atoms with E-state index in [0.717, 1.165) is 0 Å². The molecule has 2 amide bonds. The molecule has 0 heterocycles. The summed E-state index contributed by atoms with van der Waals surface area (Å²) in [6, 6.07) is 0.661. The van der Waals surface area contributed by atoms with E-state index in [1.807, 2.05) is 0 Å². The summed E-state index contributed by atoms with van der Waals surface area (Å²) in [6.45, 7) is 0. The van der Waals surface area contributed by atoms with Crippen molar-refractivity contribution >= 4 is 11.8 Å². The van der Waals surface area contributed by atoms with Gasteiger partial charge >= 0.3 is 0 Å². The second-order valence-electron chi connectivity index (χ2n) is 3.02. The monoisotopic (exact) mass is 232 g/mol. The number of benzene rings is 1. The molecule has 0 aliphatic carbocycles. The first-order valence-electron chi connectivity index (χ1n) is 4.07. The molecule has 7 heteroatoms. The highest BCUT2D eigenvalue weighted by atomic mass is 19.1. The van der Waals surface area contributed by atoms with Crippen LogP contribution in [0.2, 0.25) is 0 Å². The summed E-state index contributed by atoms with van der Waals surface area (Å²) in [6.07, 6.45) is 0. The smallest absolute Gasteiger partial charge is 0.234 e. The quantitative estimate of drug-likeness (QED) is 0.727. The zero-order valence-electron chi connectivity index (χ0n) is 7.84. The summed E-state index contributed by atoms with van der Waals surface area (Å²) in [4.78, 5) is 21.7. The first kappa shape index (κ1) is 12.0. The van der Waals surface area contributed by atoms with Crippen molar-refractivity contribution in [2.45, 2.75) is 5.92 Å². The van der Waals surface area contributed by atoms with Crippen LogP contribution in [0.1, 0.15) is 11.5 Å². The Labute approximate surface area is 88.0 Å². The number of primary amides is 2. The van der Waals surface area contributed by atoms with E-state index in [1.165, 1.54) is 0 Å². The normalized spacial score (nSPS) is 10.5. The van der Waals surface area contributed by atoms with Crippen LogP contribution in [0.15, 0.2) is 12.1 Å². The van der Waals surface area contributed by atoms with Crippen LogP contribution in [0.4, 0.5) is 13.2 Å². The van der Waals surface area contributed by atoms with Crippen LogP contribution in [-0.4, -0.2) is 11.8 Å². The highest BCUT2D eigenvalue weighted by molar-refractivity contribution is 6.04. The van der Waals surface area contributed by atoms with Gasteiger partial charge in [-0.25, -0.2) is 13.2 Å². The molecule has 0 aromatic heterocycles. The molecule has 0 bridgehead atoms. The summed E-state index contributed by atoms with van der Waals surface area (Å²) in [5.74, 6) is -8.53. The maximum absolute atomic E-state index is 13.2. The van der Waals surface area contributed by atoms with Crippen LogP contribution in [0, 0.1) is 17.5 Å². The number of halogens is 3. The predicted molar refractivity (Wildman–Crippen MR) is 47.4 cm³/mol. The highest BCUT2D eigenvalue weighted by Gasteiger charge is 2.30. The van der Waals surface area contributed by atoms with Gasteiger partial charge in [-0.2, -0.15) is 0 Å². The lowest BCUT2D eigenvalue weighted by molar-refractivity contribution is -0.128. The fraction of sp³-hybridized carbons (Fsp3) is 0.111. The van der Waals surface area contributed by atoms with Gasteiger partial charge in [-0.3, -0.25) is 9.59 Å². The number of carbonyl (C=O) groups is 2. The van der Waals surface area contributed by atoms with Gasteiger partial charge in [0.15, 0.2) is 0 Å². The van der Waals surface area contributed by atoms with Crippen molar-refractivity contribution in [3.8, 4) is 0 Å². The molecule has 0 fully saturated rings. The summed E-state index contributed by atoms with van der Waals surface area (Å²) in [7, 11) is 0. The van der Waals surface area contributed by atoms with Crippen molar-refractivity contribution in [1.29, 1.82) is 0 Å². The lowest BCUT2D eigenvalue weighted by atomic mass is 9.96. The molecular formula is C9H7F3N2O2. The molecule has 0 unspecified atom stereocenters. The average Bonchev–Trinajstić information content (AvgIpc) is 2.09. The molecule has 86 valence electrons. The Hall–Kier alpha value is -2.05.